The zero-order valence-corrected chi connectivity index (χ0v) is 9.87. The van der Waals surface area contributed by atoms with Crippen LogP contribution in [0.4, 0.5) is 0 Å². The summed E-state index contributed by atoms with van der Waals surface area (Å²) >= 11 is 0. The van der Waals surface area contributed by atoms with Crippen molar-refractivity contribution in [2.45, 2.75) is 38.0 Å². The van der Waals surface area contributed by atoms with Crippen LogP contribution in [0.2, 0.25) is 0 Å². The number of nitrogens with one attached hydrogen (secondary N) is 1. The first-order valence-corrected chi connectivity index (χ1v) is 5.80. The van der Waals surface area contributed by atoms with Crippen LogP contribution in [0.25, 0.3) is 0 Å². The molecule has 1 saturated carbocycles. The Hall–Kier alpha value is -0.160. The van der Waals surface area contributed by atoms with Gasteiger partial charge < -0.3 is 20.5 Å². The Morgan fingerprint density at radius 3 is 2.53 bits per heavy atom. The number of hydrogen-bond acceptors (Lipinski definition) is 4. The van der Waals surface area contributed by atoms with E-state index in [1.54, 1.807) is 14.2 Å². The van der Waals surface area contributed by atoms with Gasteiger partial charge >= 0.3 is 0 Å². The predicted molar refractivity (Wildman–Crippen MR) is 60.6 cm³/mol. The molecule has 90 valence electrons. The average Bonchev–Trinajstić information content (AvgIpc) is 2.31. The van der Waals surface area contributed by atoms with Crippen LogP contribution < -0.4 is 11.1 Å². The lowest BCUT2D eigenvalue weighted by atomic mass is 9.84. The van der Waals surface area contributed by atoms with Gasteiger partial charge in [-0.2, -0.15) is 0 Å². The number of methoxy groups -OCH3 is 2. The van der Waals surface area contributed by atoms with Crippen molar-refractivity contribution < 1.29 is 9.47 Å². The fourth-order valence-corrected chi connectivity index (χ4v) is 2.27. The minimum absolute atomic E-state index is 0.148. The molecule has 0 amide bonds. The van der Waals surface area contributed by atoms with Crippen molar-refractivity contribution in [2.24, 2.45) is 11.7 Å². The molecule has 0 bridgehead atoms. The standard InChI is InChI=1S/C11H24N2O2/c1-14-11(15-2)8-13-10-6-4-3-5-9(10)7-12/h9-11,13H,3-8,12H2,1-2H3. The Kier molecular flexibility index (Phi) is 6.17. The first-order chi connectivity index (χ1) is 7.31. The molecule has 0 aliphatic heterocycles. The number of hydrogen-bond donors (Lipinski definition) is 2. The lowest BCUT2D eigenvalue weighted by Crippen LogP contribution is -2.45. The Morgan fingerprint density at radius 2 is 1.93 bits per heavy atom. The van der Waals surface area contributed by atoms with Gasteiger partial charge in [-0.3, -0.25) is 0 Å². The highest BCUT2D eigenvalue weighted by atomic mass is 16.7. The van der Waals surface area contributed by atoms with E-state index in [0.29, 0.717) is 12.0 Å². The summed E-state index contributed by atoms with van der Waals surface area (Å²) in [6, 6.07) is 0.538. The molecule has 15 heavy (non-hydrogen) atoms. The smallest absolute Gasteiger partial charge is 0.169 e. The lowest BCUT2D eigenvalue weighted by Gasteiger charge is -2.32. The van der Waals surface area contributed by atoms with Gasteiger partial charge in [0.2, 0.25) is 0 Å². The van der Waals surface area contributed by atoms with Crippen LogP contribution in [0.5, 0.6) is 0 Å². The van der Waals surface area contributed by atoms with Crippen LogP contribution in [-0.4, -0.2) is 39.6 Å². The van der Waals surface area contributed by atoms with Crippen LogP contribution >= 0.6 is 0 Å². The maximum atomic E-state index is 5.76. The third-order valence-corrected chi connectivity index (χ3v) is 3.28. The zero-order chi connectivity index (χ0) is 11.1. The van der Waals surface area contributed by atoms with Gasteiger partial charge in [-0.05, 0) is 25.3 Å². The minimum atomic E-state index is -0.148. The second-order valence-electron chi connectivity index (χ2n) is 4.20. The first-order valence-electron chi connectivity index (χ1n) is 5.80. The van der Waals surface area contributed by atoms with Crippen LogP contribution in [0, 0.1) is 5.92 Å². The maximum absolute atomic E-state index is 5.76. The molecule has 1 aliphatic carbocycles. The predicted octanol–water partition coefficient (Wildman–Crippen LogP) is 0.712. The topological polar surface area (TPSA) is 56.5 Å². The average molecular weight is 216 g/mol. The van der Waals surface area contributed by atoms with Crippen LogP contribution in [0.3, 0.4) is 0 Å². The molecule has 0 saturated heterocycles. The van der Waals surface area contributed by atoms with E-state index in [9.17, 15) is 0 Å². The van der Waals surface area contributed by atoms with Gasteiger partial charge in [0.15, 0.2) is 6.29 Å². The third-order valence-electron chi connectivity index (χ3n) is 3.28. The SMILES string of the molecule is COC(CNC1CCCCC1CN)OC. The van der Waals surface area contributed by atoms with E-state index in [-0.39, 0.29) is 6.29 Å². The molecule has 0 radical (unpaired) electrons. The molecule has 0 spiro atoms. The fraction of sp³-hybridized carbons (Fsp3) is 1.00. The van der Waals surface area contributed by atoms with Crippen molar-refractivity contribution in [1.29, 1.82) is 0 Å². The molecule has 1 aliphatic rings. The highest BCUT2D eigenvalue weighted by molar-refractivity contribution is 4.81. The third kappa shape index (κ3) is 4.07. The van der Waals surface area contributed by atoms with E-state index in [2.05, 4.69) is 5.32 Å². The monoisotopic (exact) mass is 216 g/mol. The summed E-state index contributed by atoms with van der Waals surface area (Å²) in [6.45, 7) is 1.52. The van der Waals surface area contributed by atoms with Crippen molar-refractivity contribution in [1.82, 2.24) is 5.32 Å². The quantitative estimate of drug-likeness (QED) is 0.642. The summed E-state index contributed by atoms with van der Waals surface area (Å²) < 4.78 is 10.3. The molecule has 1 rings (SSSR count). The fourth-order valence-electron chi connectivity index (χ4n) is 2.27. The molecule has 3 N–H and O–H groups in total. The van der Waals surface area contributed by atoms with Crippen molar-refractivity contribution in [3.63, 3.8) is 0 Å². The normalized spacial score (nSPS) is 27.2. The van der Waals surface area contributed by atoms with Gasteiger partial charge in [-0.15, -0.1) is 0 Å². The first kappa shape index (κ1) is 12.9. The Morgan fingerprint density at radius 1 is 1.27 bits per heavy atom. The molecular formula is C11H24N2O2. The van der Waals surface area contributed by atoms with E-state index in [1.807, 2.05) is 0 Å². The van der Waals surface area contributed by atoms with Crippen molar-refractivity contribution in [3.05, 3.63) is 0 Å². The molecule has 0 aromatic carbocycles. The molecule has 4 nitrogen and oxygen atoms in total. The zero-order valence-electron chi connectivity index (χ0n) is 9.87. The Bertz CT molecular complexity index is 163. The van der Waals surface area contributed by atoms with E-state index < -0.39 is 0 Å². The van der Waals surface area contributed by atoms with Gasteiger partial charge in [0.05, 0.1) is 0 Å². The molecule has 2 atom stereocenters. The molecule has 1 fully saturated rings. The highest BCUT2D eigenvalue weighted by Crippen LogP contribution is 2.23. The van der Waals surface area contributed by atoms with E-state index in [1.165, 1.54) is 25.7 Å². The summed E-state index contributed by atoms with van der Waals surface area (Å²) in [4.78, 5) is 0. The largest absolute Gasteiger partial charge is 0.355 e. The maximum Gasteiger partial charge on any atom is 0.169 e. The molecule has 0 aromatic heterocycles. The van der Waals surface area contributed by atoms with E-state index in [4.69, 9.17) is 15.2 Å². The van der Waals surface area contributed by atoms with Gasteiger partial charge in [-0.1, -0.05) is 12.8 Å². The van der Waals surface area contributed by atoms with Gasteiger partial charge in [0.1, 0.15) is 0 Å². The van der Waals surface area contributed by atoms with Crippen LogP contribution in [0.1, 0.15) is 25.7 Å². The summed E-state index contributed by atoms with van der Waals surface area (Å²) in [6.07, 6.45) is 4.95. The van der Waals surface area contributed by atoms with E-state index >= 15 is 0 Å². The molecule has 0 aromatic rings. The van der Waals surface area contributed by atoms with E-state index in [0.717, 1.165) is 13.1 Å². The van der Waals surface area contributed by atoms with Gasteiger partial charge in [0.25, 0.3) is 0 Å². The lowest BCUT2D eigenvalue weighted by molar-refractivity contribution is -0.101. The van der Waals surface area contributed by atoms with Gasteiger partial charge in [0, 0.05) is 26.8 Å². The van der Waals surface area contributed by atoms with Crippen LogP contribution in [0.15, 0.2) is 0 Å². The van der Waals surface area contributed by atoms with Crippen molar-refractivity contribution in [2.75, 3.05) is 27.3 Å². The summed E-state index contributed by atoms with van der Waals surface area (Å²) in [5, 5.41) is 3.49. The molecule has 2 unspecified atom stereocenters. The second-order valence-corrected chi connectivity index (χ2v) is 4.20. The Balaban J connectivity index is 2.28. The second kappa shape index (κ2) is 7.17. The minimum Gasteiger partial charge on any atom is -0.355 e. The van der Waals surface area contributed by atoms with Gasteiger partial charge in [-0.25, -0.2) is 0 Å². The van der Waals surface area contributed by atoms with Crippen molar-refractivity contribution >= 4 is 0 Å². The number of ether oxygens (including phenoxy) is 2. The van der Waals surface area contributed by atoms with Crippen molar-refractivity contribution in [3.8, 4) is 0 Å². The number of nitrogens with two attached hydrogens (primary N) is 1. The summed E-state index contributed by atoms with van der Waals surface area (Å²) in [7, 11) is 3.33. The highest BCUT2D eigenvalue weighted by Gasteiger charge is 2.24. The Labute approximate surface area is 92.5 Å². The summed E-state index contributed by atoms with van der Waals surface area (Å²) in [5.41, 5.74) is 5.76. The molecule has 4 heteroatoms. The number of rotatable bonds is 6. The molecule has 0 heterocycles. The van der Waals surface area contributed by atoms with Crippen LogP contribution in [-0.2, 0) is 9.47 Å². The summed E-state index contributed by atoms with van der Waals surface area (Å²) in [5.74, 6) is 0.619. The molecular weight excluding hydrogens is 192 g/mol.